The van der Waals surface area contributed by atoms with E-state index in [4.69, 9.17) is 11.6 Å². The Balaban J connectivity index is 2.67. The van der Waals surface area contributed by atoms with Gasteiger partial charge in [-0.25, -0.2) is 8.78 Å². The Morgan fingerprint density at radius 3 is 2.44 bits per heavy atom. The van der Waals surface area contributed by atoms with Crippen LogP contribution in [0.25, 0.3) is 11.3 Å². The zero-order valence-corrected chi connectivity index (χ0v) is 8.55. The first-order valence-corrected chi connectivity index (χ1v) is 4.66. The molecule has 1 N–H and O–H groups in total. The van der Waals surface area contributed by atoms with Crippen LogP contribution in [-0.2, 0) is 0 Å². The van der Waals surface area contributed by atoms with Crippen molar-refractivity contribution < 1.29 is 13.6 Å². The number of aldehydes is 1. The molecule has 3 nitrogen and oxygen atoms in total. The Kier molecular flexibility index (Phi) is 2.70. The van der Waals surface area contributed by atoms with E-state index in [-0.39, 0.29) is 22.0 Å². The Morgan fingerprint density at radius 1 is 1.31 bits per heavy atom. The largest absolute Gasteiger partial charge is 0.296 e. The minimum absolute atomic E-state index is 0.0145. The van der Waals surface area contributed by atoms with Crippen molar-refractivity contribution >= 4 is 17.9 Å². The molecule has 1 aromatic carbocycles. The predicted octanol–water partition coefficient (Wildman–Crippen LogP) is 2.82. The minimum atomic E-state index is -0.786. The number of benzene rings is 1. The van der Waals surface area contributed by atoms with Crippen molar-refractivity contribution in [1.82, 2.24) is 10.2 Å². The van der Waals surface area contributed by atoms with Crippen molar-refractivity contribution in [2.24, 2.45) is 0 Å². The molecule has 0 aliphatic rings. The molecule has 0 spiro atoms. The first kappa shape index (κ1) is 10.8. The number of halogens is 3. The first-order chi connectivity index (χ1) is 7.65. The lowest BCUT2D eigenvalue weighted by Gasteiger charge is -2.01. The number of hydrogen-bond donors (Lipinski definition) is 1. The van der Waals surface area contributed by atoms with E-state index in [0.29, 0.717) is 6.29 Å². The van der Waals surface area contributed by atoms with Gasteiger partial charge in [0.25, 0.3) is 0 Å². The summed E-state index contributed by atoms with van der Waals surface area (Å²) in [5.74, 6) is -1.57. The quantitative estimate of drug-likeness (QED) is 0.823. The fraction of sp³-hybridized carbons (Fsp3) is 0. The zero-order chi connectivity index (χ0) is 11.7. The second-order valence-electron chi connectivity index (χ2n) is 3.01. The van der Waals surface area contributed by atoms with Gasteiger partial charge in [0.05, 0.1) is 10.6 Å². The molecule has 0 amide bonds. The van der Waals surface area contributed by atoms with Crippen LogP contribution in [0.4, 0.5) is 8.78 Å². The van der Waals surface area contributed by atoms with Crippen molar-refractivity contribution in [3.63, 3.8) is 0 Å². The maximum atomic E-state index is 13.4. The molecule has 0 aliphatic heterocycles. The fourth-order valence-electron chi connectivity index (χ4n) is 1.31. The monoisotopic (exact) mass is 242 g/mol. The molecule has 0 saturated carbocycles. The number of hydrogen-bond acceptors (Lipinski definition) is 2. The van der Waals surface area contributed by atoms with Gasteiger partial charge in [-0.15, -0.1) is 0 Å². The van der Waals surface area contributed by atoms with Crippen LogP contribution in [0.2, 0.25) is 5.02 Å². The summed E-state index contributed by atoms with van der Waals surface area (Å²) in [5, 5.41) is 5.81. The molecule has 1 heterocycles. The van der Waals surface area contributed by atoms with Gasteiger partial charge in [0.2, 0.25) is 0 Å². The minimum Gasteiger partial charge on any atom is -0.296 e. The number of aromatic nitrogens is 2. The highest BCUT2D eigenvalue weighted by Gasteiger charge is 2.19. The number of rotatable bonds is 2. The molecule has 0 radical (unpaired) electrons. The fourth-order valence-corrected chi connectivity index (χ4v) is 1.53. The average molecular weight is 243 g/mol. The Labute approximate surface area is 94.0 Å². The van der Waals surface area contributed by atoms with Gasteiger partial charge in [-0.3, -0.25) is 9.89 Å². The van der Waals surface area contributed by atoms with Gasteiger partial charge in [-0.05, 0) is 12.1 Å². The number of carbonyl (C=O) groups excluding carboxylic acids is 1. The summed E-state index contributed by atoms with van der Waals surface area (Å²) in [6, 6.07) is 3.41. The van der Waals surface area contributed by atoms with E-state index in [9.17, 15) is 13.6 Å². The normalized spacial score (nSPS) is 10.4. The van der Waals surface area contributed by atoms with E-state index in [1.54, 1.807) is 0 Å². The van der Waals surface area contributed by atoms with Gasteiger partial charge in [0, 0.05) is 0 Å². The summed E-state index contributed by atoms with van der Waals surface area (Å²) in [6.45, 7) is 0. The lowest BCUT2D eigenvalue weighted by Crippen LogP contribution is -1.90. The first-order valence-electron chi connectivity index (χ1n) is 4.28. The molecule has 0 aliphatic carbocycles. The van der Waals surface area contributed by atoms with Crippen LogP contribution < -0.4 is 0 Å². The summed E-state index contributed by atoms with van der Waals surface area (Å²) in [7, 11) is 0. The van der Waals surface area contributed by atoms with Crippen LogP contribution in [0.1, 0.15) is 10.5 Å². The molecular weight excluding hydrogens is 238 g/mol. The third-order valence-electron chi connectivity index (χ3n) is 2.05. The summed E-state index contributed by atoms with van der Waals surface area (Å²) < 4.78 is 26.8. The van der Waals surface area contributed by atoms with E-state index in [2.05, 4.69) is 10.2 Å². The highest BCUT2D eigenvalue weighted by molar-refractivity contribution is 6.35. The SMILES string of the molecule is O=Cc1[nH]nc(-c2c(F)cccc2F)c1Cl. The molecule has 16 heavy (non-hydrogen) atoms. The van der Waals surface area contributed by atoms with Gasteiger partial charge in [0.15, 0.2) is 6.29 Å². The maximum Gasteiger partial charge on any atom is 0.169 e. The van der Waals surface area contributed by atoms with Crippen molar-refractivity contribution in [2.45, 2.75) is 0 Å². The van der Waals surface area contributed by atoms with Crippen LogP contribution in [0.15, 0.2) is 18.2 Å². The molecule has 0 fully saturated rings. The van der Waals surface area contributed by atoms with E-state index in [1.807, 2.05) is 0 Å². The van der Waals surface area contributed by atoms with Crippen LogP contribution in [0, 0.1) is 11.6 Å². The third-order valence-corrected chi connectivity index (χ3v) is 2.43. The molecule has 6 heteroatoms. The highest BCUT2D eigenvalue weighted by Crippen LogP contribution is 2.31. The second-order valence-corrected chi connectivity index (χ2v) is 3.39. The van der Waals surface area contributed by atoms with E-state index >= 15 is 0 Å². The van der Waals surface area contributed by atoms with Crippen LogP contribution in [0.3, 0.4) is 0 Å². The molecule has 2 rings (SSSR count). The van der Waals surface area contributed by atoms with E-state index < -0.39 is 11.6 Å². The summed E-state index contributed by atoms with van der Waals surface area (Å²) in [4.78, 5) is 10.5. The Morgan fingerprint density at radius 2 is 1.94 bits per heavy atom. The zero-order valence-electron chi connectivity index (χ0n) is 7.80. The Hall–Kier alpha value is -1.75. The second kappa shape index (κ2) is 4.02. The molecule has 0 saturated heterocycles. The van der Waals surface area contributed by atoms with Gasteiger partial charge < -0.3 is 0 Å². The van der Waals surface area contributed by atoms with Gasteiger partial charge in [0.1, 0.15) is 23.0 Å². The highest BCUT2D eigenvalue weighted by atomic mass is 35.5. The predicted molar refractivity (Wildman–Crippen MR) is 54.3 cm³/mol. The van der Waals surface area contributed by atoms with Crippen molar-refractivity contribution in [2.75, 3.05) is 0 Å². The number of aromatic amines is 1. The van der Waals surface area contributed by atoms with Crippen LogP contribution in [0.5, 0.6) is 0 Å². The number of carbonyl (C=O) groups is 1. The summed E-state index contributed by atoms with van der Waals surface area (Å²) in [5.41, 5.74) is -0.476. The molecule has 0 atom stereocenters. The third kappa shape index (κ3) is 1.59. The lowest BCUT2D eigenvalue weighted by molar-refractivity contribution is 0.111. The van der Waals surface area contributed by atoms with Crippen LogP contribution >= 0.6 is 11.6 Å². The molecular formula is C10H5ClF2N2O. The smallest absolute Gasteiger partial charge is 0.169 e. The molecule has 0 unspecified atom stereocenters. The summed E-state index contributed by atoms with van der Waals surface area (Å²) in [6.07, 6.45) is 0.428. The number of H-pyrrole nitrogens is 1. The lowest BCUT2D eigenvalue weighted by atomic mass is 10.1. The number of nitrogens with zero attached hydrogens (tertiary/aromatic N) is 1. The maximum absolute atomic E-state index is 13.4. The van der Waals surface area contributed by atoms with E-state index in [1.165, 1.54) is 6.07 Å². The number of nitrogens with one attached hydrogen (secondary N) is 1. The van der Waals surface area contributed by atoms with Crippen LogP contribution in [-0.4, -0.2) is 16.5 Å². The molecule has 1 aromatic heterocycles. The van der Waals surface area contributed by atoms with Gasteiger partial charge in [-0.1, -0.05) is 17.7 Å². The van der Waals surface area contributed by atoms with E-state index in [0.717, 1.165) is 12.1 Å². The van der Waals surface area contributed by atoms with Crippen molar-refractivity contribution in [3.8, 4) is 11.3 Å². The summed E-state index contributed by atoms with van der Waals surface area (Å²) >= 11 is 5.74. The Bertz CT molecular complexity index is 533. The topological polar surface area (TPSA) is 45.8 Å². The molecule has 82 valence electrons. The van der Waals surface area contributed by atoms with Gasteiger partial charge >= 0.3 is 0 Å². The molecule has 2 aromatic rings. The van der Waals surface area contributed by atoms with Gasteiger partial charge in [-0.2, -0.15) is 5.10 Å². The average Bonchev–Trinajstić information content (AvgIpc) is 2.60. The standard InChI is InChI=1S/C10H5ClF2N2O/c11-9-7(4-16)14-15-10(9)8-5(12)2-1-3-6(8)13/h1-4H,(H,14,15). The van der Waals surface area contributed by atoms with Crippen molar-refractivity contribution in [3.05, 3.63) is 40.6 Å². The van der Waals surface area contributed by atoms with Crippen molar-refractivity contribution in [1.29, 1.82) is 0 Å². The molecule has 0 bridgehead atoms.